The maximum Gasteiger partial charge on any atom is 0.267 e. The number of amides is 1. The van der Waals surface area contributed by atoms with Crippen molar-refractivity contribution in [3.63, 3.8) is 0 Å². The zero-order chi connectivity index (χ0) is 15.6. The minimum Gasteiger partial charge on any atom is -0.396 e. The molecule has 0 saturated carbocycles. The number of benzene rings is 1. The Kier molecular flexibility index (Phi) is 4.07. The van der Waals surface area contributed by atoms with Gasteiger partial charge in [0, 0.05) is 6.54 Å². The van der Waals surface area contributed by atoms with Crippen molar-refractivity contribution in [1.82, 2.24) is 4.98 Å². The number of aryl methyl sites for hydroxylation is 2. The molecular formula is C15H17FN4O. The van der Waals surface area contributed by atoms with Gasteiger partial charge in [0.25, 0.3) is 5.91 Å². The minimum atomic E-state index is -0.619. The van der Waals surface area contributed by atoms with E-state index in [1.807, 2.05) is 0 Å². The van der Waals surface area contributed by atoms with Gasteiger partial charge in [-0.15, -0.1) is 0 Å². The highest BCUT2D eigenvalue weighted by molar-refractivity contribution is 5.91. The molecule has 1 aromatic heterocycles. The van der Waals surface area contributed by atoms with Gasteiger partial charge in [0.1, 0.15) is 17.3 Å². The van der Waals surface area contributed by atoms with Gasteiger partial charge in [-0.05, 0) is 42.7 Å². The van der Waals surface area contributed by atoms with Crippen LogP contribution >= 0.6 is 0 Å². The summed E-state index contributed by atoms with van der Waals surface area (Å²) >= 11 is 0. The molecule has 0 unspecified atom stereocenters. The quantitative estimate of drug-likeness (QED) is 0.803. The SMILES string of the molecule is Cc1cc(CNc2nc(C(N)=O)ccc2N)cc(C)c1F. The summed E-state index contributed by atoms with van der Waals surface area (Å²) in [6.07, 6.45) is 0. The molecule has 0 atom stereocenters. The highest BCUT2D eigenvalue weighted by atomic mass is 19.1. The first-order valence-corrected chi connectivity index (χ1v) is 6.44. The Morgan fingerprint density at radius 1 is 1.29 bits per heavy atom. The molecule has 0 aliphatic carbocycles. The molecule has 1 aromatic carbocycles. The number of carbonyl (C=O) groups is 1. The third kappa shape index (κ3) is 3.28. The number of anilines is 2. The van der Waals surface area contributed by atoms with E-state index in [0.717, 1.165) is 5.56 Å². The molecule has 21 heavy (non-hydrogen) atoms. The molecule has 0 radical (unpaired) electrons. The number of nitrogen functional groups attached to an aromatic ring is 1. The third-order valence-electron chi connectivity index (χ3n) is 3.14. The summed E-state index contributed by atoms with van der Waals surface area (Å²) in [4.78, 5) is 15.2. The summed E-state index contributed by atoms with van der Waals surface area (Å²) in [7, 11) is 0. The van der Waals surface area contributed by atoms with Crippen LogP contribution in [0.4, 0.5) is 15.9 Å². The summed E-state index contributed by atoms with van der Waals surface area (Å²) in [6.45, 7) is 3.85. The second-order valence-electron chi connectivity index (χ2n) is 4.90. The normalized spacial score (nSPS) is 10.4. The van der Waals surface area contributed by atoms with Gasteiger partial charge in [-0.1, -0.05) is 12.1 Å². The lowest BCUT2D eigenvalue weighted by molar-refractivity contribution is 0.0996. The monoisotopic (exact) mass is 288 g/mol. The smallest absolute Gasteiger partial charge is 0.267 e. The second-order valence-corrected chi connectivity index (χ2v) is 4.90. The first kappa shape index (κ1) is 14.8. The van der Waals surface area contributed by atoms with Gasteiger partial charge in [0.05, 0.1) is 5.69 Å². The van der Waals surface area contributed by atoms with E-state index in [4.69, 9.17) is 11.5 Å². The molecule has 6 heteroatoms. The topological polar surface area (TPSA) is 94.0 Å². The van der Waals surface area contributed by atoms with Crippen molar-refractivity contribution in [2.24, 2.45) is 5.73 Å². The summed E-state index contributed by atoms with van der Waals surface area (Å²) in [5, 5.41) is 3.03. The van der Waals surface area contributed by atoms with Crippen LogP contribution in [0.5, 0.6) is 0 Å². The van der Waals surface area contributed by atoms with Crippen LogP contribution in [0.1, 0.15) is 27.2 Å². The van der Waals surface area contributed by atoms with Crippen LogP contribution in [0.3, 0.4) is 0 Å². The third-order valence-corrected chi connectivity index (χ3v) is 3.14. The standard InChI is InChI=1S/C15H17FN4O/c1-8-5-10(6-9(2)13(8)16)7-19-15-11(17)3-4-12(20-15)14(18)21/h3-6H,7,17H2,1-2H3,(H2,18,21)(H,19,20). The zero-order valence-electron chi connectivity index (χ0n) is 11.9. The van der Waals surface area contributed by atoms with Crippen LogP contribution in [-0.4, -0.2) is 10.9 Å². The van der Waals surface area contributed by atoms with E-state index < -0.39 is 5.91 Å². The minimum absolute atomic E-state index is 0.137. The van der Waals surface area contributed by atoms with Crippen molar-refractivity contribution in [2.75, 3.05) is 11.1 Å². The van der Waals surface area contributed by atoms with E-state index in [-0.39, 0.29) is 11.5 Å². The number of nitrogens with zero attached hydrogens (tertiary/aromatic N) is 1. The first-order chi connectivity index (χ1) is 9.88. The van der Waals surface area contributed by atoms with E-state index in [9.17, 15) is 9.18 Å². The maximum absolute atomic E-state index is 13.6. The van der Waals surface area contributed by atoms with Crippen LogP contribution in [0.15, 0.2) is 24.3 Å². The molecular weight excluding hydrogens is 271 g/mol. The van der Waals surface area contributed by atoms with E-state index in [2.05, 4.69) is 10.3 Å². The summed E-state index contributed by atoms with van der Waals surface area (Å²) in [5.74, 6) is -0.440. The van der Waals surface area contributed by atoms with Crippen LogP contribution < -0.4 is 16.8 Å². The Labute approximate surface area is 122 Å². The van der Waals surface area contributed by atoms with Crippen LogP contribution in [0.25, 0.3) is 0 Å². The average molecular weight is 288 g/mol. The van der Waals surface area contributed by atoms with Crippen LogP contribution in [0, 0.1) is 19.7 Å². The lowest BCUT2D eigenvalue weighted by atomic mass is 10.1. The molecule has 1 heterocycles. The van der Waals surface area contributed by atoms with Crippen molar-refractivity contribution in [1.29, 1.82) is 0 Å². The Bertz CT molecular complexity index is 677. The van der Waals surface area contributed by atoms with Crippen molar-refractivity contribution in [3.8, 4) is 0 Å². The van der Waals surface area contributed by atoms with Gasteiger partial charge >= 0.3 is 0 Å². The molecule has 5 nitrogen and oxygen atoms in total. The zero-order valence-corrected chi connectivity index (χ0v) is 11.9. The summed E-state index contributed by atoms with van der Waals surface area (Å²) < 4.78 is 13.6. The largest absolute Gasteiger partial charge is 0.396 e. The number of hydrogen-bond acceptors (Lipinski definition) is 4. The molecule has 2 rings (SSSR count). The number of primary amides is 1. The van der Waals surface area contributed by atoms with E-state index in [1.54, 1.807) is 32.0 Å². The van der Waals surface area contributed by atoms with E-state index in [0.29, 0.717) is 29.2 Å². The maximum atomic E-state index is 13.6. The van der Waals surface area contributed by atoms with Crippen molar-refractivity contribution in [3.05, 3.63) is 52.5 Å². The second kappa shape index (κ2) is 5.78. The van der Waals surface area contributed by atoms with Gasteiger partial charge in [0.2, 0.25) is 0 Å². The fourth-order valence-corrected chi connectivity index (χ4v) is 2.07. The molecule has 0 fully saturated rings. The Hall–Kier alpha value is -2.63. The lowest BCUT2D eigenvalue weighted by Gasteiger charge is -2.11. The van der Waals surface area contributed by atoms with Crippen molar-refractivity contribution >= 4 is 17.4 Å². The van der Waals surface area contributed by atoms with Crippen molar-refractivity contribution in [2.45, 2.75) is 20.4 Å². The highest BCUT2D eigenvalue weighted by Gasteiger charge is 2.08. The van der Waals surface area contributed by atoms with E-state index in [1.165, 1.54) is 6.07 Å². The Balaban J connectivity index is 2.20. The van der Waals surface area contributed by atoms with E-state index >= 15 is 0 Å². The molecule has 0 bridgehead atoms. The number of rotatable bonds is 4. The number of nitrogens with one attached hydrogen (secondary N) is 1. The van der Waals surface area contributed by atoms with Gasteiger partial charge in [-0.25, -0.2) is 9.37 Å². The molecule has 0 spiro atoms. The summed E-state index contributed by atoms with van der Waals surface area (Å²) in [5.41, 5.74) is 13.6. The highest BCUT2D eigenvalue weighted by Crippen LogP contribution is 2.19. The molecule has 1 amide bonds. The number of pyridine rings is 1. The van der Waals surface area contributed by atoms with Crippen LogP contribution in [0.2, 0.25) is 0 Å². The average Bonchev–Trinajstić information content (AvgIpc) is 2.43. The predicted octanol–water partition coefficient (Wildman–Crippen LogP) is 2.13. The first-order valence-electron chi connectivity index (χ1n) is 6.44. The van der Waals surface area contributed by atoms with Crippen LogP contribution in [-0.2, 0) is 6.54 Å². The fourth-order valence-electron chi connectivity index (χ4n) is 2.07. The molecule has 2 aromatic rings. The van der Waals surface area contributed by atoms with Gasteiger partial charge in [0.15, 0.2) is 0 Å². The fraction of sp³-hybridized carbons (Fsp3) is 0.200. The van der Waals surface area contributed by atoms with Crippen molar-refractivity contribution < 1.29 is 9.18 Å². The number of halogens is 1. The molecule has 0 aliphatic heterocycles. The molecule has 110 valence electrons. The number of carbonyl (C=O) groups excluding carboxylic acids is 1. The predicted molar refractivity (Wildman–Crippen MR) is 80.4 cm³/mol. The number of nitrogens with two attached hydrogens (primary N) is 2. The molecule has 0 saturated heterocycles. The molecule has 0 aliphatic rings. The molecule has 5 N–H and O–H groups in total. The number of aromatic nitrogens is 1. The van der Waals surface area contributed by atoms with Gasteiger partial charge in [-0.2, -0.15) is 0 Å². The lowest BCUT2D eigenvalue weighted by Crippen LogP contribution is -2.15. The summed E-state index contributed by atoms with van der Waals surface area (Å²) in [6, 6.07) is 6.54. The number of hydrogen-bond donors (Lipinski definition) is 3. The van der Waals surface area contributed by atoms with Gasteiger partial charge in [-0.3, -0.25) is 4.79 Å². The van der Waals surface area contributed by atoms with Gasteiger partial charge < -0.3 is 16.8 Å². The Morgan fingerprint density at radius 2 is 1.90 bits per heavy atom. The Morgan fingerprint density at radius 3 is 2.48 bits per heavy atom.